The normalized spacial score (nSPS) is 19.3. The van der Waals surface area contributed by atoms with Crippen LogP contribution in [-0.2, 0) is 19.1 Å². The molecule has 2 aliphatic rings. The van der Waals surface area contributed by atoms with Crippen molar-refractivity contribution in [3.8, 4) is 11.5 Å². The largest absolute Gasteiger partial charge is 0.508 e. The predicted octanol–water partition coefficient (Wildman–Crippen LogP) is 7.06. The Morgan fingerprint density at radius 1 is 0.614 bits per heavy atom. The van der Waals surface area contributed by atoms with E-state index in [-0.39, 0.29) is 48.4 Å². The lowest BCUT2D eigenvalue weighted by Gasteiger charge is -2.41. The summed E-state index contributed by atoms with van der Waals surface area (Å²) in [5.41, 5.74) is 0.969. The molecule has 0 aromatic heterocycles. The number of esters is 2. The van der Waals surface area contributed by atoms with E-state index in [1.807, 2.05) is 52.5 Å². The van der Waals surface area contributed by atoms with Crippen molar-refractivity contribution < 1.29 is 29.3 Å². The third kappa shape index (κ3) is 9.21. The summed E-state index contributed by atoms with van der Waals surface area (Å²) in [6.07, 6.45) is 10.8. The average molecular weight is 609 g/mol. The van der Waals surface area contributed by atoms with Crippen LogP contribution in [0.5, 0.6) is 11.5 Å². The Balaban J connectivity index is 1.40. The highest BCUT2D eigenvalue weighted by Crippen LogP contribution is 2.42. The Morgan fingerprint density at radius 2 is 0.932 bits per heavy atom. The van der Waals surface area contributed by atoms with Crippen molar-refractivity contribution in [2.75, 3.05) is 28.2 Å². The van der Waals surface area contributed by atoms with Gasteiger partial charge in [-0.1, -0.05) is 37.1 Å². The maximum absolute atomic E-state index is 13.3. The first kappa shape index (κ1) is 33.8. The fourth-order valence-corrected chi connectivity index (χ4v) is 7.17. The fourth-order valence-electron chi connectivity index (χ4n) is 7.17. The number of ether oxygens (including phenoxy) is 2. The molecule has 0 saturated heterocycles. The summed E-state index contributed by atoms with van der Waals surface area (Å²) in [5.74, 6) is -0.242. The minimum absolute atomic E-state index is 0.00241. The lowest BCUT2D eigenvalue weighted by atomic mass is 9.78. The van der Waals surface area contributed by atoms with Gasteiger partial charge >= 0.3 is 11.9 Å². The van der Waals surface area contributed by atoms with Gasteiger partial charge < -0.3 is 29.5 Å². The molecule has 2 N–H and O–H groups in total. The summed E-state index contributed by atoms with van der Waals surface area (Å²) < 4.78 is 12.6. The molecule has 8 heteroatoms. The minimum atomic E-state index is -0.584. The van der Waals surface area contributed by atoms with Crippen molar-refractivity contribution in [1.29, 1.82) is 0 Å². The third-order valence-corrected chi connectivity index (χ3v) is 9.66. The van der Waals surface area contributed by atoms with Crippen LogP contribution >= 0.6 is 0 Å². The Labute approximate surface area is 263 Å². The van der Waals surface area contributed by atoms with Crippen molar-refractivity contribution in [3.63, 3.8) is 0 Å². The molecule has 0 unspecified atom stereocenters. The number of aromatic hydroxyl groups is 2. The standard InChI is InChI=1S/C36H52N2O6/c1-37(2)31(27-11-15-29(39)16-12-27)25-35(21-7-5-8-22-35)43-33(41)19-20-34(42)44-36(23-9-6-10-24-36)26-32(38(3)4)28-13-17-30(40)18-14-28/h11-18,31-32,39-40H,5-10,19-26H2,1-4H3/t31-,32-/m0/s1. The molecule has 242 valence electrons. The molecule has 2 aromatic rings. The first-order valence-corrected chi connectivity index (χ1v) is 16.3. The van der Waals surface area contributed by atoms with Gasteiger partial charge in [-0.2, -0.15) is 0 Å². The van der Waals surface area contributed by atoms with Gasteiger partial charge in [-0.3, -0.25) is 9.59 Å². The Morgan fingerprint density at radius 3 is 1.23 bits per heavy atom. The van der Waals surface area contributed by atoms with E-state index < -0.39 is 11.2 Å². The lowest BCUT2D eigenvalue weighted by Crippen LogP contribution is -2.42. The highest BCUT2D eigenvalue weighted by atomic mass is 16.6. The Hall–Kier alpha value is -3.10. The van der Waals surface area contributed by atoms with E-state index in [1.54, 1.807) is 24.3 Å². The monoisotopic (exact) mass is 608 g/mol. The molecule has 0 aliphatic heterocycles. The zero-order chi connectivity index (χ0) is 31.7. The Bertz CT molecular complexity index is 1100. The number of hydrogen-bond donors (Lipinski definition) is 2. The van der Waals surface area contributed by atoms with Crippen LogP contribution in [0.4, 0.5) is 0 Å². The van der Waals surface area contributed by atoms with Crippen LogP contribution in [0.3, 0.4) is 0 Å². The zero-order valence-electron chi connectivity index (χ0n) is 27.1. The first-order chi connectivity index (χ1) is 21.0. The average Bonchev–Trinajstić information content (AvgIpc) is 2.99. The molecule has 8 nitrogen and oxygen atoms in total. The van der Waals surface area contributed by atoms with E-state index in [1.165, 1.54) is 0 Å². The quantitative estimate of drug-likeness (QED) is 0.233. The Kier molecular flexibility index (Phi) is 11.7. The fraction of sp³-hybridized carbons (Fsp3) is 0.611. The van der Waals surface area contributed by atoms with Crippen molar-refractivity contribution in [1.82, 2.24) is 9.80 Å². The molecule has 2 atom stereocenters. The molecular weight excluding hydrogens is 556 g/mol. The SMILES string of the molecule is CN(C)[C@@H](CC1(OC(=O)CCC(=O)OC2(C[C@@H](c3ccc(O)cc3)N(C)C)CCCCC2)CCCCC1)c1ccc(O)cc1. The summed E-state index contributed by atoms with van der Waals surface area (Å²) >= 11 is 0. The number of carbonyl (C=O) groups excluding carboxylic acids is 2. The van der Waals surface area contributed by atoms with Gasteiger partial charge in [0.15, 0.2) is 0 Å². The molecular formula is C36H52N2O6. The summed E-state index contributed by atoms with van der Waals surface area (Å²) in [6, 6.07) is 14.5. The second-order valence-electron chi connectivity index (χ2n) is 13.5. The van der Waals surface area contributed by atoms with E-state index in [0.717, 1.165) is 75.3 Å². The number of hydrogen-bond acceptors (Lipinski definition) is 8. The maximum atomic E-state index is 13.3. The number of phenolic OH excluding ortho intramolecular Hbond substituents is 2. The molecule has 0 amide bonds. The second-order valence-corrected chi connectivity index (χ2v) is 13.5. The lowest BCUT2D eigenvalue weighted by molar-refractivity contribution is -0.173. The van der Waals surface area contributed by atoms with Gasteiger partial charge in [-0.05, 0) is 115 Å². The van der Waals surface area contributed by atoms with E-state index in [4.69, 9.17) is 9.47 Å². The van der Waals surface area contributed by atoms with Crippen LogP contribution in [0, 0.1) is 0 Å². The van der Waals surface area contributed by atoms with Gasteiger partial charge in [0.1, 0.15) is 22.7 Å². The van der Waals surface area contributed by atoms with Crippen LogP contribution in [0.2, 0.25) is 0 Å². The number of nitrogens with zero attached hydrogens (tertiary/aromatic N) is 2. The molecule has 4 rings (SSSR count). The van der Waals surface area contributed by atoms with Crippen molar-refractivity contribution >= 4 is 11.9 Å². The van der Waals surface area contributed by atoms with E-state index in [9.17, 15) is 19.8 Å². The molecule has 2 saturated carbocycles. The van der Waals surface area contributed by atoms with Gasteiger partial charge in [-0.25, -0.2) is 0 Å². The topological polar surface area (TPSA) is 99.5 Å². The summed E-state index contributed by atoms with van der Waals surface area (Å²) in [7, 11) is 8.09. The van der Waals surface area contributed by atoms with Crippen LogP contribution in [0.15, 0.2) is 48.5 Å². The van der Waals surface area contributed by atoms with Crippen LogP contribution in [-0.4, -0.2) is 71.3 Å². The van der Waals surface area contributed by atoms with Crippen molar-refractivity contribution in [2.24, 2.45) is 0 Å². The van der Waals surface area contributed by atoms with Gasteiger partial charge in [0.05, 0.1) is 12.8 Å². The number of rotatable bonds is 13. The molecule has 2 fully saturated rings. The summed E-state index contributed by atoms with van der Waals surface area (Å²) in [5, 5.41) is 19.6. The minimum Gasteiger partial charge on any atom is -0.508 e. The smallest absolute Gasteiger partial charge is 0.306 e. The first-order valence-electron chi connectivity index (χ1n) is 16.3. The van der Waals surface area contributed by atoms with Crippen LogP contribution in [0.25, 0.3) is 0 Å². The van der Waals surface area contributed by atoms with Gasteiger partial charge in [0, 0.05) is 24.9 Å². The summed E-state index contributed by atoms with van der Waals surface area (Å²) in [4.78, 5) is 30.9. The number of benzene rings is 2. The van der Waals surface area contributed by atoms with Crippen LogP contribution < -0.4 is 0 Å². The molecule has 0 radical (unpaired) electrons. The molecule has 0 bridgehead atoms. The van der Waals surface area contributed by atoms with Gasteiger partial charge in [0.25, 0.3) is 0 Å². The highest BCUT2D eigenvalue weighted by Gasteiger charge is 2.41. The zero-order valence-corrected chi connectivity index (χ0v) is 27.1. The third-order valence-electron chi connectivity index (χ3n) is 9.66. The maximum Gasteiger partial charge on any atom is 0.306 e. The second kappa shape index (κ2) is 15.3. The van der Waals surface area contributed by atoms with Crippen LogP contribution in [0.1, 0.15) is 113 Å². The molecule has 2 aromatic carbocycles. The van der Waals surface area contributed by atoms with E-state index >= 15 is 0 Å². The van der Waals surface area contributed by atoms with Crippen molar-refractivity contribution in [3.05, 3.63) is 59.7 Å². The molecule has 44 heavy (non-hydrogen) atoms. The molecule has 0 heterocycles. The number of phenols is 2. The van der Waals surface area contributed by atoms with Crippen molar-refractivity contribution in [2.45, 2.75) is 113 Å². The number of carbonyl (C=O) groups is 2. The van der Waals surface area contributed by atoms with E-state index in [0.29, 0.717) is 12.8 Å². The summed E-state index contributed by atoms with van der Waals surface area (Å²) in [6.45, 7) is 0. The molecule has 2 aliphatic carbocycles. The van der Waals surface area contributed by atoms with E-state index in [2.05, 4.69) is 9.80 Å². The van der Waals surface area contributed by atoms with Gasteiger partial charge in [-0.15, -0.1) is 0 Å². The van der Waals surface area contributed by atoms with Gasteiger partial charge in [0.2, 0.25) is 0 Å². The highest BCUT2D eigenvalue weighted by molar-refractivity contribution is 5.78. The predicted molar refractivity (Wildman–Crippen MR) is 171 cm³/mol. The molecule has 0 spiro atoms.